The van der Waals surface area contributed by atoms with E-state index in [0.29, 0.717) is 5.91 Å². The van der Waals surface area contributed by atoms with Crippen LogP contribution in [0.2, 0.25) is 0 Å². The monoisotopic (exact) mass is 432 g/mol. The van der Waals surface area contributed by atoms with Crippen LogP contribution in [0.1, 0.15) is 55.6 Å². The van der Waals surface area contributed by atoms with E-state index in [2.05, 4.69) is 52.3 Å². The van der Waals surface area contributed by atoms with E-state index in [0.717, 1.165) is 69.7 Å². The Bertz CT molecular complexity index is 901. The Balaban J connectivity index is 1.41. The Morgan fingerprint density at radius 3 is 2.34 bits per heavy atom. The van der Waals surface area contributed by atoms with Gasteiger partial charge in [0, 0.05) is 31.7 Å². The van der Waals surface area contributed by atoms with Crippen LogP contribution >= 0.6 is 0 Å². The summed E-state index contributed by atoms with van der Waals surface area (Å²) in [5.74, 6) is 1.22. The third kappa shape index (κ3) is 5.60. The van der Waals surface area contributed by atoms with Crippen LogP contribution in [0.5, 0.6) is 5.75 Å². The van der Waals surface area contributed by atoms with Gasteiger partial charge in [-0.15, -0.1) is 0 Å². The first-order valence-corrected chi connectivity index (χ1v) is 12.1. The molecule has 4 rings (SSSR count). The summed E-state index contributed by atoms with van der Waals surface area (Å²) in [6.07, 6.45) is 8.97. The molecule has 2 heterocycles. The summed E-state index contributed by atoms with van der Waals surface area (Å²) < 4.78 is 5.55. The average Bonchev–Trinajstić information content (AvgIpc) is 3.15. The number of amides is 1. The van der Waals surface area contributed by atoms with E-state index in [4.69, 9.17) is 4.74 Å². The number of carbonyl (C=O) groups excluding carboxylic acids is 1. The van der Waals surface area contributed by atoms with Crippen molar-refractivity contribution in [1.29, 1.82) is 0 Å². The lowest BCUT2D eigenvalue weighted by Gasteiger charge is -2.30. The van der Waals surface area contributed by atoms with Gasteiger partial charge in [-0.3, -0.25) is 9.69 Å². The first kappa shape index (κ1) is 22.6. The largest absolute Gasteiger partial charge is 0.496 e. The quantitative estimate of drug-likeness (QED) is 0.590. The lowest BCUT2D eigenvalue weighted by Crippen LogP contribution is -2.38. The minimum atomic E-state index is -0.0473. The second-order valence-corrected chi connectivity index (χ2v) is 8.97. The minimum Gasteiger partial charge on any atom is -0.496 e. The van der Waals surface area contributed by atoms with E-state index in [-0.39, 0.29) is 5.92 Å². The second-order valence-electron chi connectivity index (χ2n) is 8.97. The zero-order chi connectivity index (χ0) is 22.2. The van der Waals surface area contributed by atoms with Crippen LogP contribution in [0.25, 0.3) is 5.57 Å². The Kier molecular flexibility index (Phi) is 8.00. The van der Waals surface area contributed by atoms with Gasteiger partial charge in [-0.05, 0) is 49.4 Å². The van der Waals surface area contributed by atoms with Crippen molar-refractivity contribution in [2.45, 2.75) is 44.4 Å². The molecule has 1 atom stereocenters. The maximum absolute atomic E-state index is 13.5. The summed E-state index contributed by atoms with van der Waals surface area (Å²) in [6, 6.07) is 18.7. The molecule has 0 N–H and O–H groups in total. The van der Waals surface area contributed by atoms with Gasteiger partial charge in [0.1, 0.15) is 5.75 Å². The number of hydrogen-bond donors (Lipinski definition) is 0. The fourth-order valence-electron chi connectivity index (χ4n) is 5.01. The van der Waals surface area contributed by atoms with Gasteiger partial charge in [-0.25, -0.2) is 0 Å². The van der Waals surface area contributed by atoms with Crippen LogP contribution in [0.3, 0.4) is 0 Å². The molecular weight excluding hydrogens is 396 g/mol. The molecule has 4 nitrogen and oxygen atoms in total. The number of benzene rings is 2. The molecule has 0 saturated carbocycles. The van der Waals surface area contributed by atoms with Gasteiger partial charge in [0.15, 0.2) is 0 Å². The maximum atomic E-state index is 13.5. The number of likely N-dealkylation sites (tertiary alicyclic amines) is 1. The van der Waals surface area contributed by atoms with Crippen molar-refractivity contribution in [3.8, 4) is 5.75 Å². The summed E-state index contributed by atoms with van der Waals surface area (Å²) >= 11 is 0. The second kappa shape index (κ2) is 11.3. The standard InChI is InChI=1S/C28H36N2O2/c1-32-27-14-8-7-13-25(27)24-15-20-29(21-16-24)22-17-26(23-11-5-4-6-12-23)28(31)30-18-9-2-3-10-19-30/h4-8,11-15,26H,2-3,9-10,16-22H2,1H3. The predicted molar refractivity (Wildman–Crippen MR) is 131 cm³/mol. The van der Waals surface area contributed by atoms with Crippen molar-refractivity contribution in [1.82, 2.24) is 9.80 Å². The van der Waals surface area contributed by atoms with Gasteiger partial charge < -0.3 is 9.64 Å². The number of hydrogen-bond acceptors (Lipinski definition) is 3. The molecule has 1 fully saturated rings. The van der Waals surface area contributed by atoms with Crippen LogP contribution in [-0.2, 0) is 4.79 Å². The summed E-state index contributed by atoms with van der Waals surface area (Å²) in [5, 5.41) is 0. The zero-order valence-corrected chi connectivity index (χ0v) is 19.3. The molecule has 0 bridgehead atoms. The summed E-state index contributed by atoms with van der Waals surface area (Å²) in [4.78, 5) is 18.1. The van der Waals surface area contributed by atoms with Gasteiger partial charge >= 0.3 is 0 Å². The normalized spacial score (nSPS) is 18.5. The van der Waals surface area contributed by atoms with Crippen LogP contribution in [-0.4, -0.2) is 55.5 Å². The number of rotatable bonds is 7. The van der Waals surface area contributed by atoms with Crippen molar-refractivity contribution >= 4 is 11.5 Å². The Hall–Kier alpha value is -2.59. The highest BCUT2D eigenvalue weighted by Crippen LogP contribution is 2.31. The highest BCUT2D eigenvalue weighted by atomic mass is 16.5. The van der Waals surface area contributed by atoms with Crippen LogP contribution in [0, 0.1) is 0 Å². The van der Waals surface area contributed by atoms with Gasteiger partial charge in [0.2, 0.25) is 5.91 Å². The van der Waals surface area contributed by atoms with Crippen LogP contribution < -0.4 is 4.74 Å². The molecule has 4 heteroatoms. The third-order valence-electron chi connectivity index (χ3n) is 6.90. The topological polar surface area (TPSA) is 32.8 Å². The molecule has 0 aromatic heterocycles. The molecule has 1 amide bonds. The lowest BCUT2D eigenvalue weighted by molar-refractivity contribution is -0.133. The van der Waals surface area contributed by atoms with E-state index in [9.17, 15) is 4.79 Å². The van der Waals surface area contributed by atoms with E-state index in [1.165, 1.54) is 24.0 Å². The number of methoxy groups -OCH3 is 1. The number of para-hydroxylation sites is 1. The fraction of sp³-hybridized carbons (Fsp3) is 0.464. The van der Waals surface area contributed by atoms with Crippen LogP contribution in [0.15, 0.2) is 60.7 Å². The highest BCUT2D eigenvalue weighted by Gasteiger charge is 2.27. The fourth-order valence-corrected chi connectivity index (χ4v) is 5.01. The molecule has 1 saturated heterocycles. The smallest absolute Gasteiger partial charge is 0.230 e. The molecule has 2 aromatic carbocycles. The Morgan fingerprint density at radius 1 is 0.938 bits per heavy atom. The zero-order valence-electron chi connectivity index (χ0n) is 19.3. The first-order valence-electron chi connectivity index (χ1n) is 12.1. The highest BCUT2D eigenvalue weighted by molar-refractivity contribution is 5.83. The van der Waals surface area contributed by atoms with Gasteiger partial charge in [0.25, 0.3) is 0 Å². The molecular formula is C28H36N2O2. The molecule has 1 unspecified atom stereocenters. The molecule has 170 valence electrons. The van der Waals surface area contributed by atoms with Crippen molar-refractivity contribution in [2.75, 3.05) is 39.8 Å². The van der Waals surface area contributed by atoms with E-state index in [1.807, 2.05) is 18.2 Å². The number of carbonyl (C=O) groups is 1. The number of ether oxygens (including phenoxy) is 1. The van der Waals surface area contributed by atoms with E-state index in [1.54, 1.807) is 7.11 Å². The third-order valence-corrected chi connectivity index (χ3v) is 6.90. The lowest BCUT2D eigenvalue weighted by atomic mass is 9.93. The van der Waals surface area contributed by atoms with Crippen molar-refractivity contribution < 1.29 is 9.53 Å². The maximum Gasteiger partial charge on any atom is 0.230 e. The molecule has 0 spiro atoms. The van der Waals surface area contributed by atoms with Crippen molar-refractivity contribution in [3.63, 3.8) is 0 Å². The summed E-state index contributed by atoms with van der Waals surface area (Å²) in [5.41, 5.74) is 3.72. The minimum absolute atomic E-state index is 0.0473. The molecule has 2 aromatic rings. The first-order chi connectivity index (χ1) is 15.8. The SMILES string of the molecule is COc1ccccc1C1=CCN(CCC(C(=O)N2CCCCCC2)c2ccccc2)CC1. The molecule has 0 aliphatic carbocycles. The van der Waals surface area contributed by atoms with E-state index < -0.39 is 0 Å². The van der Waals surface area contributed by atoms with Crippen molar-refractivity contribution in [3.05, 3.63) is 71.8 Å². The van der Waals surface area contributed by atoms with Crippen molar-refractivity contribution in [2.24, 2.45) is 0 Å². The van der Waals surface area contributed by atoms with E-state index >= 15 is 0 Å². The summed E-state index contributed by atoms with van der Waals surface area (Å²) in [7, 11) is 1.74. The van der Waals surface area contributed by atoms with Crippen LogP contribution in [0.4, 0.5) is 0 Å². The predicted octanol–water partition coefficient (Wildman–Crippen LogP) is 5.36. The molecule has 2 aliphatic heterocycles. The molecule has 0 radical (unpaired) electrons. The summed E-state index contributed by atoms with van der Waals surface area (Å²) in [6.45, 7) is 4.71. The molecule has 32 heavy (non-hydrogen) atoms. The van der Waals surface area contributed by atoms with Gasteiger partial charge in [0.05, 0.1) is 13.0 Å². The Morgan fingerprint density at radius 2 is 1.66 bits per heavy atom. The Labute approximate surface area is 192 Å². The van der Waals surface area contributed by atoms with Gasteiger partial charge in [-0.2, -0.15) is 0 Å². The van der Waals surface area contributed by atoms with Gasteiger partial charge in [-0.1, -0.05) is 67.4 Å². The number of nitrogens with zero attached hydrogens (tertiary/aromatic N) is 2. The molecule has 2 aliphatic rings. The average molecular weight is 433 g/mol.